The highest BCUT2D eigenvalue weighted by molar-refractivity contribution is 5.45. The van der Waals surface area contributed by atoms with Gasteiger partial charge in [-0.05, 0) is 12.1 Å². The van der Waals surface area contributed by atoms with Gasteiger partial charge in [0, 0.05) is 11.6 Å². The molecule has 0 radical (unpaired) electrons. The van der Waals surface area contributed by atoms with Gasteiger partial charge in [-0.2, -0.15) is 0 Å². The third-order valence-electron chi connectivity index (χ3n) is 2.40. The summed E-state index contributed by atoms with van der Waals surface area (Å²) in [6.45, 7) is -0.0441. The molecule has 0 atom stereocenters. The summed E-state index contributed by atoms with van der Waals surface area (Å²) >= 11 is 0. The van der Waals surface area contributed by atoms with Crippen molar-refractivity contribution in [1.82, 2.24) is 0 Å². The van der Waals surface area contributed by atoms with Gasteiger partial charge in [0.05, 0.1) is 4.92 Å². The van der Waals surface area contributed by atoms with Crippen molar-refractivity contribution in [2.75, 3.05) is 0 Å². The van der Waals surface area contributed by atoms with E-state index in [0.29, 0.717) is 5.56 Å². The van der Waals surface area contributed by atoms with E-state index in [1.807, 2.05) is 0 Å². The topological polar surface area (TPSA) is 52.4 Å². The van der Waals surface area contributed by atoms with Crippen LogP contribution in [-0.4, -0.2) is 4.92 Å². The predicted molar refractivity (Wildman–Crippen MR) is 63.8 cm³/mol. The van der Waals surface area contributed by atoms with E-state index in [1.54, 1.807) is 30.3 Å². The molecule has 2 aromatic rings. The molecule has 0 N–H and O–H groups in total. The number of benzene rings is 2. The van der Waals surface area contributed by atoms with E-state index < -0.39 is 10.7 Å². The van der Waals surface area contributed by atoms with Crippen molar-refractivity contribution < 1.29 is 14.1 Å². The van der Waals surface area contributed by atoms with Crippen LogP contribution in [0.2, 0.25) is 0 Å². The molecule has 0 saturated heterocycles. The quantitative estimate of drug-likeness (QED) is 0.615. The average molecular weight is 247 g/mol. The lowest BCUT2D eigenvalue weighted by molar-refractivity contribution is -0.385. The van der Waals surface area contributed by atoms with Crippen LogP contribution < -0.4 is 4.74 Å². The fourth-order valence-electron chi connectivity index (χ4n) is 1.50. The summed E-state index contributed by atoms with van der Waals surface area (Å²) in [6, 6.07) is 12.2. The Balaban J connectivity index is 2.16. The molecule has 0 aromatic heterocycles. The fraction of sp³-hybridized carbons (Fsp3) is 0.0769. The third kappa shape index (κ3) is 2.63. The van der Waals surface area contributed by atoms with Gasteiger partial charge in [-0.25, -0.2) is 4.39 Å². The van der Waals surface area contributed by atoms with Crippen LogP contribution in [0.25, 0.3) is 0 Å². The number of halogens is 1. The number of nitro benzene ring substituents is 1. The largest absolute Gasteiger partial charge is 0.482 e. The maximum atomic E-state index is 13.3. The lowest BCUT2D eigenvalue weighted by Crippen LogP contribution is -2.00. The maximum absolute atomic E-state index is 13.3. The Labute approximate surface area is 103 Å². The van der Waals surface area contributed by atoms with E-state index >= 15 is 0 Å². The van der Waals surface area contributed by atoms with Gasteiger partial charge in [0.1, 0.15) is 12.4 Å². The fourth-order valence-corrected chi connectivity index (χ4v) is 1.50. The Morgan fingerprint density at radius 3 is 2.50 bits per heavy atom. The van der Waals surface area contributed by atoms with Gasteiger partial charge >= 0.3 is 5.69 Å². The zero-order chi connectivity index (χ0) is 13.0. The summed E-state index contributed by atoms with van der Waals surface area (Å²) in [5, 5.41) is 10.8. The minimum atomic E-state index is -0.531. The van der Waals surface area contributed by atoms with Gasteiger partial charge in [-0.1, -0.05) is 30.3 Å². The molecule has 0 aliphatic carbocycles. The molecule has 2 rings (SSSR count). The average Bonchev–Trinajstić information content (AvgIpc) is 2.38. The van der Waals surface area contributed by atoms with Crippen LogP contribution >= 0.6 is 0 Å². The summed E-state index contributed by atoms with van der Waals surface area (Å²) in [5.74, 6) is -0.262. The molecule has 4 nitrogen and oxygen atoms in total. The molecule has 0 bridgehead atoms. The number of rotatable bonds is 4. The molecule has 18 heavy (non-hydrogen) atoms. The summed E-state index contributed by atoms with van der Waals surface area (Å²) in [5.41, 5.74) is 0.226. The van der Waals surface area contributed by atoms with Crippen molar-refractivity contribution in [2.24, 2.45) is 0 Å². The smallest absolute Gasteiger partial charge is 0.310 e. The Kier molecular flexibility index (Phi) is 3.52. The molecule has 0 aliphatic heterocycles. The van der Waals surface area contributed by atoms with E-state index in [9.17, 15) is 14.5 Å². The second kappa shape index (κ2) is 5.27. The second-order valence-electron chi connectivity index (χ2n) is 3.60. The molecule has 5 heteroatoms. The molecule has 92 valence electrons. The van der Waals surface area contributed by atoms with E-state index in [0.717, 1.165) is 0 Å². The lowest BCUT2D eigenvalue weighted by atomic mass is 10.2. The van der Waals surface area contributed by atoms with Crippen LogP contribution in [-0.2, 0) is 6.61 Å². The predicted octanol–water partition coefficient (Wildman–Crippen LogP) is 3.31. The SMILES string of the molecule is O=[N+]([O-])c1ccccc1OCc1ccccc1F. The molecular weight excluding hydrogens is 237 g/mol. The van der Waals surface area contributed by atoms with Crippen LogP contribution in [0.4, 0.5) is 10.1 Å². The first-order valence-electron chi connectivity index (χ1n) is 5.28. The molecule has 0 spiro atoms. The van der Waals surface area contributed by atoms with Gasteiger partial charge in [0.25, 0.3) is 0 Å². The van der Waals surface area contributed by atoms with Crippen LogP contribution in [0, 0.1) is 15.9 Å². The first-order chi connectivity index (χ1) is 8.68. The van der Waals surface area contributed by atoms with Crippen molar-refractivity contribution in [3.63, 3.8) is 0 Å². The maximum Gasteiger partial charge on any atom is 0.310 e. The standard InChI is InChI=1S/C13H10FNO3/c14-11-6-2-1-5-10(11)9-18-13-8-4-3-7-12(13)15(16)17/h1-8H,9H2. The minimum Gasteiger partial charge on any atom is -0.482 e. The van der Waals surface area contributed by atoms with Crippen LogP contribution in [0.3, 0.4) is 0 Å². The number of hydrogen-bond acceptors (Lipinski definition) is 3. The molecule has 0 aliphatic rings. The third-order valence-corrected chi connectivity index (χ3v) is 2.40. The van der Waals surface area contributed by atoms with Gasteiger partial charge in [-0.15, -0.1) is 0 Å². The van der Waals surface area contributed by atoms with Gasteiger partial charge < -0.3 is 4.74 Å². The zero-order valence-electron chi connectivity index (χ0n) is 9.38. The van der Waals surface area contributed by atoms with E-state index in [2.05, 4.69) is 0 Å². The van der Waals surface area contributed by atoms with Crippen molar-refractivity contribution in [1.29, 1.82) is 0 Å². The molecule has 2 aromatic carbocycles. The van der Waals surface area contributed by atoms with Gasteiger partial charge in [0.2, 0.25) is 0 Å². The van der Waals surface area contributed by atoms with Crippen molar-refractivity contribution in [3.05, 3.63) is 70.0 Å². The van der Waals surface area contributed by atoms with Gasteiger partial charge in [-0.3, -0.25) is 10.1 Å². The molecular formula is C13H10FNO3. The highest BCUT2D eigenvalue weighted by Gasteiger charge is 2.14. The van der Waals surface area contributed by atoms with Crippen molar-refractivity contribution in [2.45, 2.75) is 6.61 Å². The van der Waals surface area contributed by atoms with Crippen LogP contribution in [0.15, 0.2) is 48.5 Å². The summed E-state index contributed by atoms with van der Waals surface area (Å²) < 4.78 is 18.6. The Morgan fingerprint density at radius 1 is 1.11 bits per heavy atom. The number of nitrogens with zero attached hydrogens (tertiary/aromatic N) is 1. The highest BCUT2D eigenvalue weighted by atomic mass is 19.1. The second-order valence-corrected chi connectivity index (χ2v) is 3.60. The summed E-state index contributed by atoms with van der Waals surface area (Å²) in [4.78, 5) is 10.2. The minimum absolute atomic E-state index is 0.0441. The van der Waals surface area contributed by atoms with Crippen molar-refractivity contribution in [3.8, 4) is 5.75 Å². The van der Waals surface area contributed by atoms with Crippen LogP contribution in [0.1, 0.15) is 5.56 Å². The molecule has 0 saturated carbocycles. The highest BCUT2D eigenvalue weighted by Crippen LogP contribution is 2.26. The van der Waals surface area contributed by atoms with Crippen molar-refractivity contribution >= 4 is 5.69 Å². The first-order valence-corrected chi connectivity index (χ1v) is 5.28. The Morgan fingerprint density at radius 2 is 1.78 bits per heavy atom. The van der Waals surface area contributed by atoms with Gasteiger partial charge in [0.15, 0.2) is 5.75 Å². The molecule has 0 heterocycles. The lowest BCUT2D eigenvalue weighted by Gasteiger charge is -2.07. The molecule has 0 amide bonds. The monoisotopic (exact) mass is 247 g/mol. The summed E-state index contributed by atoms with van der Waals surface area (Å²) in [6.07, 6.45) is 0. The number of para-hydroxylation sites is 2. The van der Waals surface area contributed by atoms with Crippen LogP contribution in [0.5, 0.6) is 5.75 Å². The zero-order valence-corrected chi connectivity index (χ0v) is 9.38. The number of nitro groups is 1. The Bertz CT molecular complexity index is 572. The molecule has 0 fully saturated rings. The number of hydrogen-bond donors (Lipinski definition) is 0. The normalized spacial score (nSPS) is 10.1. The Hall–Kier alpha value is -2.43. The molecule has 0 unspecified atom stereocenters. The first kappa shape index (κ1) is 12.0. The summed E-state index contributed by atoms with van der Waals surface area (Å²) in [7, 11) is 0. The van der Waals surface area contributed by atoms with E-state index in [1.165, 1.54) is 18.2 Å². The van der Waals surface area contributed by atoms with E-state index in [4.69, 9.17) is 4.74 Å². The number of ether oxygens (including phenoxy) is 1. The van der Waals surface area contributed by atoms with E-state index in [-0.39, 0.29) is 18.0 Å².